The fourth-order valence-electron chi connectivity index (χ4n) is 2.39. The van der Waals surface area contributed by atoms with Gasteiger partial charge in [-0.05, 0) is 36.8 Å². The third-order valence-electron chi connectivity index (χ3n) is 3.66. The molecule has 0 amide bonds. The topological polar surface area (TPSA) is 50.4 Å². The summed E-state index contributed by atoms with van der Waals surface area (Å²) in [4.78, 5) is 12.5. The van der Waals surface area contributed by atoms with Gasteiger partial charge in [0.05, 0.1) is 16.5 Å². The molecule has 0 atom stereocenters. The van der Waals surface area contributed by atoms with Crippen molar-refractivity contribution in [1.82, 2.24) is 0 Å². The molecule has 6 heteroatoms. The molecular weight excluding hydrogens is 309 g/mol. The molecule has 0 fully saturated rings. The average molecular weight is 320 g/mol. The van der Waals surface area contributed by atoms with Crippen LogP contribution in [0.1, 0.15) is 11.1 Å². The van der Waals surface area contributed by atoms with E-state index in [-0.39, 0.29) is 27.8 Å². The van der Waals surface area contributed by atoms with E-state index in [1.54, 1.807) is 6.92 Å². The van der Waals surface area contributed by atoms with Gasteiger partial charge in [0.2, 0.25) is 5.43 Å². The van der Waals surface area contributed by atoms with Crippen molar-refractivity contribution < 1.29 is 22.7 Å². The molecule has 1 aromatic heterocycles. The van der Waals surface area contributed by atoms with Gasteiger partial charge in [0.1, 0.15) is 17.6 Å². The van der Waals surface area contributed by atoms with Gasteiger partial charge in [0, 0.05) is 5.56 Å². The second kappa shape index (κ2) is 5.15. The first-order valence-electron chi connectivity index (χ1n) is 6.71. The summed E-state index contributed by atoms with van der Waals surface area (Å²) in [6.07, 6.45) is -3.37. The van der Waals surface area contributed by atoms with E-state index >= 15 is 0 Å². The summed E-state index contributed by atoms with van der Waals surface area (Å²) >= 11 is 0. The molecule has 3 aromatic rings. The van der Waals surface area contributed by atoms with Crippen LogP contribution in [0.5, 0.6) is 5.75 Å². The standard InChI is InChI=1S/C17H11F3O3/c1-9-14(21)6-5-12-15(22)13(8-23-16(9)12)10-3-2-4-11(7-10)17(18,19)20/h2-8,21H,1H3. The molecule has 3 rings (SSSR count). The lowest BCUT2D eigenvalue weighted by molar-refractivity contribution is -0.137. The van der Waals surface area contributed by atoms with E-state index in [9.17, 15) is 23.1 Å². The van der Waals surface area contributed by atoms with Gasteiger partial charge in [-0.3, -0.25) is 4.79 Å². The predicted molar refractivity (Wildman–Crippen MR) is 79.3 cm³/mol. The Morgan fingerprint density at radius 1 is 1.13 bits per heavy atom. The molecule has 0 unspecified atom stereocenters. The van der Waals surface area contributed by atoms with Crippen LogP contribution in [0.25, 0.3) is 22.1 Å². The van der Waals surface area contributed by atoms with Crippen molar-refractivity contribution in [3.8, 4) is 16.9 Å². The van der Waals surface area contributed by atoms with Crippen LogP contribution in [-0.4, -0.2) is 5.11 Å². The molecule has 0 radical (unpaired) electrons. The number of hydrogen-bond donors (Lipinski definition) is 1. The first-order chi connectivity index (χ1) is 10.8. The average Bonchev–Trinajstić information content (AvgIpc) is 2.51. The van der Waals surface area contributed by atoms with E-state index in [0.717, 1.165) is 18.4 Å². The fraction of sp³-hybridized carbons (Fsp3) is 0.118. The minimum absolute atomic E-state index is 0.0209. The molecule has 0 saturated carbocycles. The molecule has 0 bridgehead atoms. The van der Waals surface area contributed by atoms with Crippen molar-refractivity contribution >= 4 is 11.0 Å². The van der Waals surface area contributed by atoms with E-state index in [1.807, 2.05) is 0 Å². The zero-order valence-corrected chi connectivity index (χ0v) is 11.9. The summed E-state index contributed by atoms with van der Waals surface area (Å²) in [6.45, 7) is 1.59. The second-order valence-corrected chi connectivity index (χ2v) is 5.14. The zero-order chi connectivity index (χ0) is 16.8. The minimum Gasteiger partial charge on any atom is -0.508 e. The van der Waals surface area contributed by atoms with Crippen LogP contribution in [0.3, 0.4) is 0 Å². The van der Waals surface area contributed by atoms with Crippen LogP contribution < -0.4 is 5.43 Å². The van der Waals surface area contributed by atoms with Crippen molar-refractivity contribution in [3.05, 3.63) is 64.0 Å². The number of fused-ring (bicyclic) bond motifs is 1. The lowest BCUT2D eigenvalue weighted by Gasteiger charge is -2.09. The summed E-state index contributed by atoms with van der Waals surface area (Å²) in [5.74, 6) is -0.0209. The van der Waals surface area contributed by atoms with Gasteiger partial charge in [-0.2, -0.15) is 13.2 Å². The highest BCUT2D eigenvalue weighted by Gasteiger charge is 2.30. The third-order valence-corrected chi connectivity index (χ3v) is 3.66. The molecule has 0 aliphatic rings. The highest BCUT2D eigenvalue weighted by atomic mass is 19.4. The van der Waals surface area contributed by atoms with Crippen molar-refractivity contribution in [1.29, 1.82) is 0 Å². The molecule has 0 saturated heterocycles. The molecule has 0 aliphatic carbocycles. The fourth-order valence-corrected chi connectivity index (χ4v) is 2.39. The van der Waals surface area contributed by atoms with Crippen LogP contribution in [0, 0.1) is 6.92 Å². The normalized spacial score (nSPS) is 11.8. The Morgan fingerprint density at radius 2 is 1.87 bits per heavy atom. The molecule has 0 aliphatic heterocycles. The second-order valence-electron chi connectivity index (χ2n) is 5.14. The lowest BCUT2D eigenvalue weighted by Crippen LogP contribution is -2.08. The molecule has 1 N–H and O–H groups in total. The van der Waals surface area contributed by atoms with Gasteiger partial charge in [-0.15, -0.1) is 0 Å². The molecule has 2 aromatic carbocycles. The Morgan fingerprint density at radius 3 is 2.57 bits per heavy atom. The number of aromatic hydroxyl groups is 1. The molecular formula is C17H11F3O3. The van der Waals surface area contributed by atoms with Crippen LogP contribution in [-0.2, 0) is 6.18 Å². The smallest absolute Gasteiger partial charge is 0.416 e. The highest BCUT2D eigenvalue weighted by molar-refractivity contribution is 5.85. The van der Waals surface area contributed by atoms with Gasteiger partial charge < -0.3 is 9.52 Å². The molecule has 23 heavy (non-hydrogen) atoms. The number of halogens is 3. The van der Waals surface area contributed by atoms with Gasteiger partial charge in [0.25, 0.3) is 0 Å². The summed E-state index contributed by atoms with van der Waals surface area (Å²) in [6, 6.07) is 7.25. The number of benzene rings is 2. The monoisotopic (exact) mass is 320 g/mol. The Labute approximate surface area is 128 Å². The van der Waals surface area contributed by atoms with E-state index in [2.05, 4.69) is 0 Å². The number of phenolic OH excluding ortho intramolecular Hbond substituents is 1. The maximum Gasteiger partial charge on any atom is 0.416 e. The quantitative estimate of drug-likeness (QED) is 0.718. The number of aryl methyl sites for hydroxylation is 1. The third kappa shape index (κ3) is 2.56. The number of rotatable bonds is 1. The van der Waals surface area contributed by atoms with Crippen molar-refractivity contribution in [2.24, 2.45) is 0 Å². The SMILES string of the molecule is Cc1c(O)ccc2c(=O)c(-c3cccc(C(F)(F)F)c3)coc12. The largest absolute Gasteiger partial charge is 0.508 e. The lowest BCUT2D eigenvalue weighted by atomic mass is 10.0. The van der Waals surface area contributed by atoms with Crippen LogP contribution in [0.2, 0.25) is 0 Å². The van der Waals surface area contributed by atoms with Crippen LogP contribution in [0.4, 0.5) is 13.2 Å². The van der Waals surface area contributed by atoms with Crippen molar-refractivity contribution in [3.63, 3.8) is 0 Å². The molecule has 0 spiro atoms. The summed E-state index contributed by atoms with van der Waals surface area (Å²) in [5, 5.41) is 9.84. The zero-order valence-electron chi connectivity index (χ0n) is 11.9. The maximum atomic E-state index is 12.8. The van der Waals surface area contributed by atoms with Gasteiger partial charge in [0.15, 0.2) is 0 Å². The van der Waals surface area contributed by atoms with Gasteiger partial charge in [-0.25, -0.2) is 0 Å². The molecule has 3 nitrogen and oxygen atoms in total. The van der Waals surface area contributed by atoms with Gasteiger partial charge in [-0.1, -0.05) is 12.1 Å². The number of hydrogen-bond acceptors (Lipinski definition) is 3. The van der Waals surface area contributed by atoms with Gasteiger partial charge >= 0.3 is 6.18 Å². The first kappa shape index (κ1) is 15.1. The predicted octanol–water partition coefficient (Wildman–Crippen LogP) is 4.49. The van der Waals surface area contributed by atoms with Crippen molar-refractivity contribution in [2.45, 2.75) is 13.1 Å². The summed E-state index contributed by atoms with van der Waals surface area (Å²) in [5.41, 5.74) is -0.513. The van der Waals surface area contributed by atoms with Crippen LogP contribution >= 0.6 is 0 Å². The summed E-state index contributed by atoms with van der Waals surface area (Å²) < 4.78 is 43.8. The Balaban J connectivity index is 2.24. The Hall–Kier alpha value is -2.76. The highest BCUT2D eigenvalue weighted by Crippen LogP contribution is 2.32. The maximum absolute atomic E-state index is 12.8. The Bertz CT molecular complexity index is 955. The minimum atomic E-state index is -4.49. The van der Waals surface area contributed by atoms with E-state index < -0.39 is 17.2 Å². The van der Waals surface area contributed by atoms with E-state index in [1.165, 1.54) is 24.3 Å². The summed E-state index contributed by atoms with van der Waals surface area (Å²) in [7, 11) is 0. The van der Waals surface area contributed by atoms with Crippen LogP contribution in [0.15, 0.2) is 51.9 Å². The Kier molecular flexibility index (Phi) is 3.39. The van der Waals surface area contributed by atoms with E-state index in [0.29, 0.717) is 5.56 Å². The molecule has 1 heterocycles. The molecule has 118 valence electrons. The van der Waals surface area contributed by atoms with Crippen molar-refractivity contribution in [2.75, 3.05) is 0 Å². The first-order valence-corrected chi connectivity index (χ1v) is 6.71. The van der Waals surface area contributed by atoms with E-state index in [4.69, 9.17) is 4.42 Å². The number of phenols is 1. The number of alkyl halides is 3.